The van der Waals surface area contributed by atoms with E-state index in [1.165, 1.54) is 0 Å². The van der Waals surface area contributed by atoms with Crippen molar-refractivity contribution in [1.82, 2.24) is 10.6 Å². The molecule has 1 amide bonds. The fraction of sp³-hybridized carbons (Fsp3) is 0.444. The fourth-order valence-corrected chi connectivity index (χ4v) is 1.98. The van der Waals surface area contributed by atoms with Crippen molar-refractivity contribution in [2.75, 3.05) is 18.4 Å². The molecule has 0 aliphatic rings. The van der Waals surface area contributed by atoms with Gasteiger partial charge >= 0.3 is 0 Å². The van der Waals surface area contributed by atoms with Crippen molar-refractivity contribution in [1.29, 1.82) is 0 Å². The minimum Gasteiger partial charge on any atom is -0.357 e. The Morgan fingerprint density at radius 2 is 2.13 bits per heavy atom. The lowest BCUT2D eigenvalue weighted by Gasteiger charge is -2.10. The summed E-state index contributed by atoms with van der Waals surface area (Å²) in [6, 6.07) is 7.71. The first kappa shape index (κ1) is 18.6. The van der Waals surface area contributed by atoms with Gasteiger partial charge in [0.25, 0.3) is 0 Å². The first-order valence-electron chi connectivity index (χ1n) is 7.89. The summed E-state index contributed by atoms with van der Waals surface area (Å²) in [5.74, 6) is 3.57. The van der Waals surface area contributed by atoms with Crippen LogP contribution in [0.3, 0.4) is 0 Å². The van der Waals surface area contributed by atoms with E-state index in [0.717, 1.165) is 17.8 Å². The second-order valence-electron chi connectivity index (χ2n) is 5.60. The van der Waals surface area contributed by atoms with Crippen LogP contribution in [0.5, 0.6) is 0 Å². The molecule has 0 aromatic heterocycles. The monoisotopic (exact) mass is 314 g/mol. The molecule has 0 saturated carbocycles. The lowest BCUT2D eigenvalue weighted by molar-refractivity contribution is -0.116. The zero-order chi connectivity index (χ0) is 17.1. The lowest BCUT2D eigenvalue weighted by atomic mass is 10.1. The molecule has 5 nitrogen and oxygen atoms in total. The molecule has 1 aromatic carbocycles. The third-order valence-corrected chi connectivity index (χ3v) is 2.93. The first-order chi connectivity index (χ1) is 11.0. The van der Waals surface area contributed by atoms with E-state index >= 15 is 0 Å². The number of anilines is 1. The summed E-state index contributed by atoms with van der Waals surface area (Å²) in [6.07, 6.45) is 5.76. The quantitative estimate of drug-likeness (QED) is 0.411. The number of carbonyl (C=O) groups is 1. The van der Waals surface area contributed by atoms with E-state index in [2.05, 4.69) is 26.9 Å². The number of hydrogen-bond acceptors (Lipinski definition) is 2. The van der Waals surface area contributed by atoms with Gasteiger partial charge in [0.2, 0.25) is 5.91 Å². The number of amides is 1. The van der Waals surface area contributed by atoms with Gasteiger partial charge in [0, 0.05) is 18.7 Å². The van der Waals surface area contributed by atoms with Crippen LogP contribution in [0, 0.1) is 18.3 Å². The zero-order valence-corrected chi connectivity index (χ0v) is 14.1. The largest absolute Gasteiger partial charge is 0.357 e. The van der Waals surface area contributed by atoms with Crippen molar-refractivity contribution in [3.05, 3.63) is 29.8 Å². The fourth-order valence-electron chi connectivity index (χ4n) is 1.98. The van der Waals surface area contributed by atoms with E-state index in [9.17, 15) is 4.79 Å². The molecule has 23 heavy (non-hydrogen) atoms. The Morgan fingerprint density at radius 1 is 1.35 bits per heavy atom. The van der Waals surface area contributed by atoms with E-state index in [1.54, 1.807) is 0 Å². The van der Waals surface area contributed by atoms with Crippen LogP contribution in [0.1, 0.15) is 32.8 Å². The maximum absolute atomic E-state index is 11.8. The number of rotatable bonds is 7. The maximum atomic E-state index is 11.8. The van der Waals surface area contributed by atoms with Crippen molar-refractivity contribution in [2.24, 2.45) is 10.9 Å². The van der Waals surface area contributed by atoms with Crippen molar-refractivity contribution < 1.29 is 4.79 Å². The van der Waals surface area contributed by atoms with Crippen LogP contribution < -0.4 is 16.0 Å². The van der Waals surface area contributed by atoms with Crippen molar-refractivity contribution >= 4 is 17.6 Å². The molecular formula is C18H26N4O. The van der Waals surface area contributed by atoms with E-state index in [4.69, 9.17) is 6.42 Å². The molecule has 0 unspecified atom stereocenters. The van der Waals surface area contributed by atoms with Gasteiger partial charge in [-0.2, -0.15) is 0 Å². The summed E-state index contributed by atoms with van der Waals surface area (Å²) in [6.45, 7) is 7.75. The van der Waals surface area contributed by atoms with Crippen molar-refractivity contribution in [2.45, 2.75) is 33.7 Å². The number of benzene rings is 1. The molecular weight excluding hydrogens is 288 g/mol. The Kier molecular flexibility index (Phi) is 8.30. The van der Waals surface area contributed by atoms with Gasteiger partial charge in [0.05, 0.1) is 13.1 Å². The number of aliphatic imine (C=N–C) groups is 1. The van der Waals surface area contributed by atoms with Crippen LogP contribution in [0.15, 0.2) is 29.3 Å². The number of carbonyl (C=O) groups excluding carboxylic acids is 1. The number of guanidine groups is 1. The standard InChI is InChI=1S/C18H26N4O/c1-5-10-20-18(19-6-2)21-13-15-8-7-9-16(12-15)22-17(23)11-14(3)4/h1,7-9,12,14H,6,10-11,13H2,2-4H3,(H,22,23)(H2,19,20,21). The number of nitrogens with zero attached hydrogens (tertiary/aromatic N) is 1. The Hall–Kier alpha value is -2.48. The molecule has 0 atom stereocenters. The summed E-state index contributed by atoms with van der Waals surface area (Å²) < 4.78 is 0. The van der Waals surface area contributed by atoms with Crippen LogP contribution in [0.25, 0.3) is 0 Å². The van der Waals surface area contributed by atoms with Gasteiger partial charge in [-0.05, 0) is 30.5 Å². The molecule has 0 aliphatic carbocycles. The molecule has 0 fully saturated rings. The average molecular weight is 314 g/mol. The smallest absolute Gasteiger partial charge is 0.224 e. The molecule has 0 aliphatic heterocycles. The molecule has 0 heterocycles. The Labute approximate surface area is 139 Å². The van der Waals surface area contributed by atoms with Crippen LogP contribution in [-0.4, -0.2) is 25.0 Å². The van der Waals surface area contributed by atoms with Gasteiger partial charge in [-0.15, -0.1) is 6.42 Å². The van der Waals surface area contributed by atoms with Crippen LogP contribution in [0.2, 0.25) is 0 Å². The predicted octanol–water partition coefficient (Wildman–Crippen LogP) is 2.36. The van der Waals surface area contributed by atoms with Gasteiger partial charge in [-0.25, -0.2) is 4.99 Å². The highest BCUT2D eigenvalue weighted by Crippen LogP contribution is 2.13. The van der Waals surface area contributed by atoms with E-state index in [1.807, 2.05) is 45.0 Å². The maximum Gasteiger partial charge on any atom is 0.224 e. The highest BCUT2D eigenvalue weighted by Gasteiger charge is 2.05. The Balaban J connectivity index is 2.68. The highest BCUT2D eigenvalue weighted by atomic mass is 16.1. The highest BCUT2D eigenvalue weighted by molar-refractivity contribution is 5.90. The normalized spacial score (nSPS) is 11.0. The molecule has 5 heteroatoms. The third kappa shape index (κ3) is 7.91. The van der Waals surface area contributed by atoms with E-state index in [-0.39, 0.29) is 5.91 Å². The zero-order valence-electron chi connectivity index (χ0n) is 14.1. The Morgan fingerprint density at radius 3 is 2.78 bits per heavy atom. The minimum atomic E-state index is 0.0321. The second kappa shape index (κ2) is 10.3. The SMILES string of the molecule is C#CCNC(=NCc1cccc(NC(=O)CC(C)C)c1)NCC. The van der Waals surface area contributed by atoms with Gasteiger partial charge in [-0.3, -0.25) is 4.79 Å². The lowest BCUT2D eigenvalue weighted by Crippen LogP contribution is -2.37. The third-order valence-electron chi connectivity index (χ3n) is 2.93. The van der Waals surface area contributed by atoms with Crippen molar-refractivity contribution in [3.63, 3.8) is 0 Å². The molecule has 0 saturated heterocycles. The second-order valence-corrected chi connectivity index (χ2v) is 5.60. The Bertz CT molecular complexity index is 573. The predicted molar refractivity (Wildman–Crippen MR) is 96.2 cm³/mol. The molecule has 1 aromatic rings. The molecule has 1 rings (SSSR count). The summed E-state index contributed by atoms with van der Waals surface area (Å²) in [5, 5.41) is 9.09. The van der Waals surface area contributed by atoms with E-state index in [0.29, 0.717) is 31.4 Å². The topological polar surface area (TPSA) is 65.5 Å². The minimum absolute atomic E-state index is 0.0321. The summed E-state index contributed by atoms with van der Waals surface area (Å²) in [7, 11) is 0. The van der Waals surface area contributed by atoms with Crippen LogP contribution >= 0.6 is 0 Å². The molecule has 0 radical (unpaired) electrons. The average Bonchev–Trinajstić information content (AvgIpc) is 2.49. The van der Waals surface area contributed by atoms with Gasteiger partial charge in [0.1, 0.15) is 0 Å². The van der Waals surface area contributed by atoms with Gasteiger partial charge in [-0.1, -0.05) is 31.9 Å². The van der Waals surface area contributed by atoms with Crippen LogP contribution in [0.4, 0.5) is 5.69 Å². The number of terminal acetylenes is 1. The molecule has 124 valence electrons. The molecule has 0 spiro atoms. The first-order valence-corrected chi connectivity index (χ1v) is 7.89. The summed E-state index contributed by atoms with van der Waals surface area (Å²) >= 11 is 0. The van der Waals surface area contributed by atoms with Gasteiger partial charge < -0.3 is 16.0 Å². The van der Waals surface area contributed by atoms with E-state index < -0.39 is 0 Å². The number of hydrogen-bond donors (Lipinski definition) is 3. The van der Waals surface area contributed by atoms with Crippen LogP contribution in [-0.2, 0) is 11.3 Å². The number of nitrogens with one attached hydrogen (secondary N) is 3. The van der Waals surface area contributed by atoms with Crippen molar-refractivity contribution in [3.8, 4) is 12.3 Å². The summed E-state index contributed by atoms with van der Waals surface area (Å²) in [4.78, 5) is 16.3. The molecule has 3 N–H and O–H groups in total. The summed E-state index contributed by atoms with van der Waals surface area (Å²) in [5.41, 5.74) is 1.81. The molecule has 0 bridgehead atoms. The van der Waals surface area contributed by atoms with Gasteiger partial charge in [0.15, 0.2) is 5.96 Å².